The Morgan fingerprint density at radius 3 is 2.70 bits per heavy atom. The summed E-state index contributed by atoms with van der Waals surface area (Å²) >= 11 is -0.492. The third kappa shape index (κ3) is 5.47. The van der Waals surface area contributed by atoms with Crippen molar-refractivity contribution >= 4 is 23.6 Å². The molecule has 0 radical (unpaired) electrons. The summed E-state index contributed by atoms with van der Waals surface area (Å²) in [5.74, 6) is -1.91. The van der Waals surface area contributed by atoms with Crippen LogP contribution in [-0.4, -0.2) is 33.5 Å². The fraction of sp³-hybridized carbons (Fsp3) is 0.364. The molecule has 1 rings (SSSR count). The van der Waals surface area contributed by atoms with E-state index >= 15 is 0 Å². The van der Waals surface area contributed by atoms with Crippen molar-refractivity contribution in [2.45, 2.75) is 29.9 Å². The molecule has 0 saturated heterocycles. The van der Waals surface area contributed by atoms with E-state index in [2.05, 4.69) is 10.3 Å². The van der Waals surface area contributed by atoms with Crippen LogP contribution < -0.4 is 5.32 Å². The normalized spacial score (nSPS) is 12.8. The monoisotopic (exact) mass is 308 g/mol. The minimum absolute atomic E-state index is 0.243. The van der Waals surface area contributed by atoms with Crippen LogP contribution in [0, 0.1) is 0 Å². The number of amides is 1. The molecule has 1 aromatic rings. The van der Waals surface area contributed by atoms with Gasteiger partial charge in [0.2, 0.25) is 0 Å². The number of aliphatic carboxylic acids is 1. The van der Waals surface area contributed by atoms with Gasteiger partial charge in [0.15, 0.2) is 0 Å². The number of carbonyl (C=O) groups excluding carboxylic acids is 1. The fourth-order valence-corrected chi connectivity index (χ4v) is 1.97. The summed E-state index contributed by atoms with van der Waals surface area (Å²) in [6.07, 6.45) is 0.819. The third-order valence-corrected chi connectivity index (χ3v) is 2.84. The number of carboxylic acid groups (broad SMARTS) is 1. The molecule has 0 aromatic carbocycles. The lowest BCUT2D eigenvalue weighted by molar-refractivity contribution is -0.137. The summed E-state index contributed by atoms with van der Waals surface area (Å²) in [6, 6.07) is 1.82. The number of hydrogen-bond acceptors (Lipinski definition) is 4. The lowest BCUT2D eigenvalue weighted by Gasteiger charge is -2.13. The SMILES string of the molecule is CC(CC(=O)O)NC(=O)c1cccnc1SC(F)(F)F. The van der Waals surface area contributed by atoms with E-state index < -0.39 is 40.2 Å². The van der Waals surface area contributed by atoms with Crippen molar-refractivity contribution < 1.29 is 27.9 Å². The first-order valence-electron chi connectivity index (χ1n) is 5.42. The van der Waals surface area contributed by atoms with E-state index in [4.69, 9.17) is 5.11 Å². The zero-order valence-corrected chi connectivity index (χ0v) is 11.1. The first-order chi connectivity index (χ1) is 9.19. The fourth-order valence-electron chi connectivity index (χ4n) is 1.37. The molecule has 9 heteroatoms. The van der Waals surface area contributed by atoms with Gasteiger partial charge >= 0.3 is 11.5 Å². The second-order valence-electron chi connectivity index (χ2n) is 3.88. The molecule has 1 heterocycles. The molecule has 1 amide bonds. The largest absolute Gasteiger partial charge is 0.481 e. The molecule has 0 fully saturated rings. The number of alkyl halides is 3. The standard InChI is InChI=1S/C11H11F3N2O3S/c1-6(5-8(17)18)16-9(19)7-3-2-4-15-10(7)20-11(12,13)14/h2-4,6H,5H2,1H3,(H,16,19)(H,17,18). The second-order valence-corrected chi connectivity index (χ2v) is 4.93. The van der Waals surface area contributed by atoms with Gasteiger partial charge in [-0.05, 0) is 19.1 Å². The summed E-state index contributed by atoms with van der Waals surface area (Å²) in [7, 11) is 0. The van der Waals surface area contributed by atoms with Gasteiger partial charge in [0.25, 0.3) is 5.91 Å². The average Bonchev–Trinajstić information content (AvgIpc) is 2.25. The number of nitrogens with one attached hydrogen (secondary N) is 1. The molecule has 110 valence electrons. The Labute approximate surface area is 116 Å². The first-order valence-corrected chi connectivity index (χ1v) is 6.24. The highest BCUT2D eigenvalue weighted by Gasteiger charge is 2.32. The quantitative estimate of drug-likeness (QED) is 0.816. The summed E-state index contributed by atoms with van der Waals surface area (Å²) in [4.78, 5) is 25.8. The van der Waals surface area contributed by atoms with Gasteiger partial charge in [0.1, 0.15) is 5.03 Å². The number of carbonyl (C=O) groups is 2. The number of thioether (sulfide) groups is 1. The predicted octanol–water partition coefficient (Wildman–Crippen LogP) is 2.29. The van der Waals surface area contributed by atoms with Gasteiger partial charge in [-0.1, -0.05) is 0 Å². The molecule has 0 aliphatic rings. The van der Waals surface area contributed by atoms with E-state index in [1.807, 2.05) is 0 Å². The first kappa shape index (κ1) is 16.3. The van der Waals surface area contributed by atoms with Crippen molar-refractivity contribution in [3.63, 3.8) is 0 Å². The highest BCUT2D eigenvalue weighted by molar-refractivity contribution is 8.00. The minimum Gasteiger partial charge on any atom is -0.481 e. The molecule has 0 aliphatic heterocycles. The van der Waals surface area contributed by atoms with Crippen molar-refractivity contribution in [3.05, 3.63) is 23.9 Å². The Morgan fingerprint density at radius 1 is 1.50 bits per heavy atom. The minimum atomic E-state index is -4.56. The average molecular weight is 308 g/mol. The van der Waals surface area contributed by atoms with Crippen LogP contribution in [0.3, 0.4) is 0 Å². The molecule has 1 aromatic heterocycles. The highest BCUT2D eigenvalue weighted by atomic mass is 32.2. The van der Waals surface area contributed by atoms with E-state index in [0.29, 0.717) is 0 Å². The van der Waals surface area contributed by atoms with Crippen molar-refractivity contribution in [2.24, 2.45) is 0 Å². The van der Waals surface area contributed by atoms with E-state index in [1.165, 1.54) is 19.1 Å². The van der Waals surface area contributed by atoms with Crippen molar-refractivity contribution in [1.29, 1.82) is 0 Å². The number of halogens is 3. The summed E-state index contributed by atoms with van der Waals surface area (Å²) in [6.45, 7) is 1.44. The van der Waals surface area contributed by atoms with Crippen LogP contribution in [0.5, 0.6) is 0 Å². The van der Waals surface area contributed by atoms with Gasteiger partial charge in [0, 0.05) is 24.0 Å². The molecule has 2 N–H and O–H groups in total. The van der Waals surface area contributed by atoms with Gasteiger partial charge in [-0.3, -0.25) is 9.59 Å². The smallest absolute Gasteiger partial charge is 0.447 e. The van der Waals surface area contributed by atoms with E-state index in [1.54, 1.807) is 0 Å². The third-order valence-electron chi connectivity index (χ3n) is 2.09. The number of carboxylic acids is 1. The Hall–Kier alpha value is -1.77. The number of nitrogens with zero attached hydrogens (tertiary/aromatic N) is 1. The Bertz CT molecular complexity index is 508. The maximum Gasteiger partial charge on any atom is 0.447 e. The van der Waals surface area contributed by atoms with Crippen molar-refractivity contribution in [2.75, 3.05) is 0 Å². The number of pyridine rings is 1. The number of hydrogen-bond donors (Lipinski definition) is 2. The topological polar surface area (TPSA) is 79.3 Å². The van der Waals surface area contributed by atoms with E-state index in [9.17, 15) is 22.8 Å². The van der Waals surface area contributed by atoms with Crippen molar-refractivity contribution in [3.8, 4) is 0 Å². The Kier molecular flexibility index (Phi) is 5.37. The van der Waals surface area contributed by atoms with Crippen molar-refractivity contribution in [1.82, 2.24) is 10.3 Å². The van der Waals surface area contributed by atoms with Gasteiger partial charge in [-0.2, -0.15) is 13.2 Å². The maximum absolute atomic E-state index is 12.3. The van der Waals surface area contributed by atoms with E-state index in [-0.39, 0.29) is 12.0 Å². The van der Waals surface area contributed by atoms with Crippen LogP contribution in [0.4, 0.5) is 13.2 Å². The van der Waals surface area contributed by atoms with Gasteiger partial charge < -0.3 is 10.4 Å². The molecule has 1 unspecified atom stereocenters. The molecule has 0 bridgehead atoms. The number of rotatable bonds is 5. The summed E-state index contributed by atoms with van der Waals surface area (Å²) in [5.41, 5.74) is -4.80. The lowest BCUT2D eigenvalue weighted by atomic mass is 10.2. The molecule has 0 aliphatic carbocycles. The summed E-state index contributed by atoms with van der Waals surface area (Å²) < 4.78 is 37.0. The Morgan fingerprint density at radius 2 is 2.15 bits per heavy atom. The van der Waals surface area contributed by atoms with Gasteiger partial charge in [-0.15, -0.1) is 0 Å². The van der Waals surface area contributed by atoms with E-state index in [0.717, 1.165) is 6.20 Å². The number of aromatic nitrogens is 1. The molecule has 20 heavy (non-hydrogen) atoms. The van der Waals surface area contributed by atoms with Crippen LogP contribution in [-0.2, 0) is 4.79 Å². The molecular formula is C11H11F3N2O3S. The highest BCUT2D eigenvalue weighted by Crippen LogP contribution is 2.37. The van der Waals surface area contributed by atoms with Crippen LogP contribution >= 0.6 is 11.8 Å². The predicted molar refractivity (Wildman–Crippen MR) is 65.3 cm³/mol. The Balaban J connectivity index is 2.85. The molecular weight excluding hydrogens is 297 g/mol. The molecule has 1 atom stereocenters. The maximum atomic E-state index is 12.3. The zero-order valence-electron chi connectivity index (χ0n) is 10.3. The molecule has 0 spiro atoms. The lowest BCUT2D eigenvalue weighted by Crippen LogP contribution is -2.34. The second kappa shape index (κ2) is 6.60. The van der Waals surface area contributed by atoms with Crippen LogP contribution in [0.15, 0.2) is 23.4 Å². The van der Waals surface area contributed by atoms with Crippen LogP contribution in [0.2, 0.25) is 0 Å². The van der Waals surface area contributed by atoms with Crippen LogP contribution in [0.1, 0.15) is 23.7 Å². The summed E-state index contributed by atoms with van der Waals surface area (Å²) in [5, 5.41) is 10.4. The van der Waals surface area contributed by atoms with Crippen LogP contribution in [0.25, 0.3) is 0 Å². The molecule has 5 nitrogen and oxygen atoms in total. The van der Waals surface area contributed by atoms with Gasteiger partial charge in [0.05, 0.1) is 12.0 Å². The zero-order chi connectivity index (χ0) is 15.3. The van der Waals surface area contributed by atoms with Gasteiger partial charge in [-0.25, -0.2) is 4.98 Å². The molecule has 0 saturated carbocycles.